The SMILES string of the molecule is CC[Si](C)(CC)CCCn1c(=O)c2c(nc(NCc3ccco3)n2C)n(C)c1=O. The fourth-order valence-electron chi connectivity index (χ4n) is 3.65. The molecule has 1 N–H and O–H groups in total. The lowest BCUT2D eigenvalue weighted by atomic mass is 10.4. The number of nitrogens with one attached hydrogen (secondary N) is 1. The van der Waals surface area contributed by atoms with Crippen molar-refractivity contribution in [2.24, 2.45) is 14.1 Å². The molecule has 0 fully saturated rings. The molecule has 3 aromatic heterocycles. The molecule has 0 spiro atoms. The van der Waals surface area contributed by atoms with E-state index in [1.807, 2.05) is 12.1 Å². The number of aryl methyl sites for hydroxylation is 2. The fourth-order valence-corrected chi connectivity index (χ4v) is 5.86. The first-order valence-corrected chi connectivity index (χ1v) is 13.4. The van der Waals surface area contributed by atoms with Crippen LogP contribution in [0.2, 0.25) is 24.7 Å². The molecule has 0 saturated heterocycles. The molecule has 0 saturated carbocycles. The molecule has 0 bridgehead atoms. The monoisotopic (exact) mass is 417 g/mol. The van der Waals surface area contributed by atoms with E-state index < -0.39 is 8.07 Å². The van der Waals surface area contributed by atoms with Gasteiger partial charge in [0.1, 0.15) is 5.76 Å². The molecule has 0 amide bonds. The van der Waals surface area contributed by atoms with Crippen molar-refractivity contribution in [3.63, 3.8) is 0 Å². The normalized spacial score (nSPS) is 12.0. The van der Waals surface area contributed by atoms with E-state index in [0.29, 0.717) is 30.2 Å². The third-order valence-electron chi connectivity index (χ3n) is 6.23. The first kappa shape index (κ1) is 21.2. The number of hydrogen-bond donors (Lipinski definition) is 1. The first-order chi connectivity index (χ1) is 13.8. The van der Waals surface area contributed by atoms with Gasteiger partial charge in [-0.15, -0.1) is 0 Å². The Morgan fingerprint density at radius 1 is 1.17 bits per heavy atom. The summed E-state index contributed by atoms with van der Waals surface area (Å²) in [5.74, 6) is 1.29. The molecule has 158 valence electrons. The lowest BCUT2D eigenvalue weighted by Crippen LogP contribution is -2.40. The lowest BCUT2D eigenvalue weighted by Gasteiger charge is -2.24. The summed E-state index contributed by atoms with van der Waals surface area (Å²) in [7, 11) is 2.20. The van der Waals surface area contributed by atoms with Gasteiger partial charge in [0.15, 0.2) is 11.2 Å². The minimum absolute atomic E-state index is 0.277. The third-order valence-corrected chi connectivity index (χ3v) is 11.2. The number of aromatic nitrogens is 4. The quantitative estimate of drug-likeness (QED) is 0.541. The molecule has 8 nitrogen and oxygen atoms in total. The number of fused-ring (bicyclic) bond motifs is 1. The Hall–Kier alpha value is -2.55. The fraction of sp³-hybridized carbons (Fsp3) is 0.550. The lowest BCUT2D eigenvalue weighted by molar-refractivity contribution is 0.517. The second-order valence-electron chi connectivity index (χ2n) is 8.02. The molecule has 0 unspecified atom stereocenters. The summed E-state index contributed by atoms with van der Waals surface area (Å²) in [4.78, 5) is 30.4. The van der Waals surface area contributed by atoms with Crippen LogP contribution in [0.15, 0.2) is 32.4 Å². The van der Waals surface area contributed by atoms with Crippen LogP contribution < -0.4 is 16.6 Å². The standard InChI is InChI=1S/C20H31N5O3Si/c1-6-29(5,7-2)13-9-11-25-18(26)16-17(24(4)20(25)27)22-19(23(16)3)21-14-15-10-8-12-28-15/h8,10,12H,6-7,9,11,13-14H2,1-5H3,(H,21,22). The summed E-state index contributed by atoms with van der Waals surface area (Å²) in [6, 6.07) is 7.25. The largest absolute Gasteiger partial charge is 0.467 e. The van der Waals surface area contributed by atoms with Crippen molar-refractivity contribution in [3.05, 3.63) is 45.0 Å². The molecule has 0 aliphatic carbocycles. The second-order valence-corrected chi connectivity index (χ2v) is 13.6. The van der Waals surface area contributed by atoms with Crippen molar-refractivity contribution >= 4 is 25.2 Å². The zero-order valence-electron chi connectivity index (χ0n) is 18.0. The van der Waals surface area contributed by atoms with Crippen LogP contribution in [0.4, 0.5) is 5.95 Å². The van der Waals surface area contributed by atoms with Crippen molar-refractivity contribution in [2.45, 2.75) is 58.0 Å². The van der Waals surface area contributed by atoms with Crippen LogP contribution in [0.5, 0.6) is 0 Å². The number of nitrogens with zero attached hydrogens (tertiary/aromatic N) is 4. The predicted octanol–water partition coefficient (Wildman–Crippen LogP) is 3.15. The Morgan fingerprint density at radius 2 is 1.90 bits per heavy atom. The maximum absolute atomic E-state index is 13.1. The van der Waals surface area contributed by atoms with Crippen molar-refractivity contribution < 1.29 is 4.42 Å². The molecular formula is C20H31N5O3Si. The van der Waals surface area contributed by atoms with E-state index in [4.69, 9.17) is 4.42 Å². The maximum Gasteiger partial charge on any atom is 0.332 e. The minimum Gasteiger partial charge on any atom is -0.467 e. The highest BCUT2D eigenvalue weighted by Gasteiger charge is 2.23. The Bertz CT molecular complexity index is 1090. The second kappa shape index (κ2) is 8.44. The highest BCUT2D eigenvalue weighted by molar-refractivity contribution is 6.78. The molecule has 9 heteroatoms. The molecule has 0 aromatic carbocycles. The van der Waals surface area contributed by atoms with Gasteiger partial charge in [-0.2, -0.15) is 4.98 Å². The van der Waals surface area contributed by atoms with Gasteiger partial charge in [0, 0.05) is 28.7 Å². The summed E-state index contributed by atoms with van der Waals surface area (Å²) in [6.07, 6.45) is 2.46. The topological polar surface area (TPSA) is 87.0 Å². The van der Waals surface area contributed by atoms with Crippen molar-refractivity contribution in [1.82, 2.24) is 18.7 Å². The van der Waals surface area contributed by atoms with Gasteiger partial charge < -0.3 is 14.3 Å². The summed E-state index contributed by atoms with van der Waals surface area (Å²) in [5.41, 5.74) is 0.233. The molecular weight excluding hydrogens is 386 g/mol. The average molecular weight is 418 g/mol. The highest BCUT2D eigenvalue weighted by atomic mass is 28.3. The Balaban J connectivity index is 1.91. The Morgan fingerprint density at radius 3 is 2.52 bits per heavy atom. The van der Waals surface area contributed by atoms with E-state index in [0.717, 1.165) is 18.2 Å². The average Bonchev–Trinajstić information content (AvgIpc) is 3.35. The molecule has 3 rings (SSSR count). The Labute approximate surface area is 171 Å². The predicted molar refractivity (Wildman–Crippen MR) is 118 cm³/mol. The van der Waals surface area contributed by atoms with Crippen molar-refractivity contribution in [1.29, 1.82) is 0 Å². The van der Waals surface area contributed by atoms with E-state index in [9.17, 15) is 9.59 Å². The van der Waals surface area contributed by atoms with Gasteiger partial charge in [-0.25, -0.2) is 4.79 Å². The molecule has 0 aliphatic rings. The van der Waals surface area contributed by atoms with Gasteiger partial charge in [-0.05, 0) is 18.6 Å². The zero-order chi connectivity index (χ0) is 21.2. The van der Waals surface area contributed by atoms with Crippen LogP contribution in [0.25, 0.3) is 11.2 Å². The van der Waals surface area contributed by atoms with E-state index in [-0.39, 0.29) is 11.2 Å². The summed E-state index contributed by atoms with van der Waals surface area (Å²) >= 11 is 0. The van der Waals surface area contributed by atoms with Gasteiger partial charge in [-0.3, -0.25) is 13.9 Å². The smallest absolute Gasteiger partial charge is 0.332 e. The molecule has 3 aromatic rings. The highest BCUT2D eigenvalue weighted by Crippen LogP contribution is 2.22. The summed E-state index contributed by atoms with van der Waals surface area (Å²) < 4.78 is 9.87. The number of rotatable bonds is 9. The number of hydrogen-bond acceptors (Lipinski definition) is 5. The van der Waals surface area contributed by atoms with Crippen LogP contribution in [-0.4, -0.2) is 26.8 Å². The molecule has 29 heavy (non-hydrogen) atoms. The van der Waals surface area contributed by atoms with Crippen molar-refractivity contribution in [3.8, 4) is 0 Å². The van der Waals surface area contributed by atoms with Gasteiger partial charge in [-0.1, -0.05) is 38.5 Å². The van der Waals surface area contributed by atoms with Crippen LogP contribution in [-0.2, 0) is 27.2 Å². The Kier molecular flexibility index (Phi) is 6.16. The van der Waals surface area contributed by atoms with Crippen molar-refractivity contribution in [2.75, 3.05) is 5.32 Å². The van der Waals surface area contributed by atoms with Gasteiger partial charge >= 0.3 is 5.69 Å². The van der Waals surface area contributed by atoms with Gasteiger partial charge in [0.2, 0.25) is 5.95 Å². The first-order valence-electron chi connectivity index (χ1n) is 10.2. The van der Waals surface area contributed by atoms with Crippen LogP contribution >= 0.6 is 0 Å². The maximum atomic E-state index is 13.1. The molecule has 0 aliphatic heterocycles. The summed E-state index contributed by atoms with van der Waals surface area (Å²) in [5, 5.41) is 3.18. The van der Waals surface area contributed by atoms with E-state index >= 15 is 0 Å². The molecule has 3 heterocycles. The van der Waals surface area contributed by atoms with Crippen LogP contribution in [0.3, 0.4) is 0 Å². The van der Waals surface area contributed by atoms with Crippen LogP contribution in [0.1, 0.15) is 26.0 Å². The zero-order valence-corrected chi connectivity index (χ0v) is 19.0. The third kappa shape index (κ3) is 4.10. The van der Waals surface area contributed by atoms with Crippen LogP contribution in [0, 0.1) is 0 Å². The molecule has 0 radical (unpaired) electrons. The van der Waals surface area contributed by atoms with E-state index in [1.165, 1.54) is 21.2 Å². The number of imidazole rings is 1. The number of furan rings is 1. The minimum atomic E-state index is -1.26. The van der Waals surface area contributed by atoms with E-state index in [1.54, 1.807) is 24.9 Å². The number of anilines is 1. The van der Waals surface area contributed by atoms with E-state index in [2.05, 4.69) is 30.7 Å². The summed E-state index contributed by atoms with van der Waals surface area (Å²) in [6.45, 7) is 7.79. The van der Waals surface area contributed by atoms with Gasteiger partial charge in [0.05, 0.1) is 12.8 Å². The molecule has 0 atom stereocenters. The van der Waals surface area contributed by atoms with Gasteiger partial charge in [0.25, 0.3) is 5.56 Å².